The Morgan fingerprint density at radius 1 is 1.16 bits per heavy atom. The first-order chi connectivity index (χ1) is 9.15. The molecule has 0 spiro atoms. The highest BCUT2D eigenvalue weighted by Crippen LogP contribution is 2.65. The molecule has 2 bridgehead atoms. The minimum atomic E-state index is -0.890. The molecule has 3 aliphatic carbocycles. The predicted molar refractivity (Wildman–Crippen MR) is 68.7 cm³/mol. The SMILES string of the molecule is COCO[C@H]1[C@H](O)[C@H](O)[C@H]2O[C@H]3[C@H](Br)[C@@H]4C[C@H]3[C@H]2[C@@H]41. The highest BCUT2D eigenvalue weighted by atomic mass is 79.9. The van der Waals surface area contributed by atoms with Gasteiger partial charge in [-0.05, 0) is 30.1 Å². The Labute approximate surface area is 120 Å². The Kier molecular flexibility index (Phi) is 3.00. The van der Waals surface area contributed by atoms with E-state index in [4.69, 9.17) is 14.2 Å². The van der Waals surface area contributed by atoms with E-state index >= 15 is 0 Å². The van der Waals surface area contributed by atoms with Crippen molar-refractivity contribution in [3.05, 3.63) is 0 Å². The van der Waals surface area contributed by atoms with Crippen LogP contribution in [0.2, 0.25) is 0 Å². The van der Waals surface area contributed by atoms with E-state index in [0.29, 0.717) is 22.6 Å². The summed E-state index contributed by atoms with van der Waals surface area (Å²) in [6, 6.07) is 0. The van der Waals surface area contributed by atoms with Gasteiger partial charge in [-0.25, -0.2) is 0 Å². The van der Waals surface area contributed by atoms with Gasteiger partial charge >= 0.3 is 0 Å². The molecule has 0 aromatic heterocycles. The summed E-state index contributed by atoms with van der Waals surface area (Å²) in [6.07, 6.45) is -1.02. The van der Waals surface area contributed by atoms with Crippen molar-refractivity contribution in [2.24, 2.45) is 23.7 Å². The molecule has 1 aliphatic heterocycles. The molecule has 1 heterocycles. The van der Waals surface area contributed by atoms with Crippen LogP contribution in [0.5, 0.6) is 0 Å². The summed E-state index contributed by atoms with van der Waals surface area (Å²) >= 11 is 3.75. The van der Waals surface area contributed by atoms with Crippen molar-refractivity contribution in [2.75, 3.05) is 13.9 Å². The lowest BCUT2D eigenvalue weighted by atomic mass is 9.67. The molecule has 2 N–H and O–H groups in total. The monoisotopic (exact) mass is 334 g/mol. The molecular formula is C13H19BrO5. The first kappa shape index (κ1) is 13.0. The third kappa shape index (κ3) is 1.53. The average molecular weight is 335 g/mol. The maximum atomic E-state index is 10.3. The van der Waals surface area contributed by atoms with Crippen LogP contribution >= 0.6 is 15.9 Å². The average Bonchev–Trinajstić information content (AvgIpc) is 3.00. The van der Waals surface area contributed by atoms with Crippen molar-refractivity contribution >= 4 is 15.9 Å². The molecule has 0 aromatic carbocycles. The van der Waals surface area contributed by atoms with Crippen molar-refractivity contribution in [3.8, 4) is 0 Å². The summed E-state index contributed by atoms with van der Waals surface area (Å²) in [5.41, 5.74) is 0. The molecule has 4 rings (SSSR count). The molecule has 19 heavy (non-hydrogen) atoms. The number of halogens is 1. The molecule has 0 unspecified atom stereocenters. The number of ether oxygens (including phenoxy) is 3. The van der Waals surface area contributed by atoms with E-state index in [0.717, 1.165) is 6.42 Å². The summed E-state index contributed by atoms with van der Waals surface area (Å²) < 4.78 is 16.7. The van der Waals surface area contributed by atoms with Crippen LogP contribution in [0.4, 0.5) is 0 Å². The van der Waals surface area contributed by atoms with E-state index < -0.39 is 12.2 Å². The Morgan fingerprint density at radius 3 is 2.68 bits per heavy atom. The standard InChI is InChI=1S/C13H19BrO5/c1-17-3-18-12-6-4-2-5-7(6)13(10(16)9(12)15)19-11(5)8(4)14/h4-13,15-16H,2-3H2,1H3/t4-,5+,6-,7+,8-,9-,10+,11-,12-,13+/m1/s1. The van der Waals surface area contributed by atoms with Crippen LogP contribution in [0.15, 0.2) is 0 Å². The number of methoxy groups -OCH3 is 1. The van der Waals surface area contributed by atoms with Crippen LogP contribution in [-0.4, -0.2) is 59.5 Å². The lowest BCUT2D eigenvalue weighted by Crippen LogP contribution is -2.59. The van der Waals surface area contributed by atoms with Crippen LogP contribution in [0.1, 0.15) is 6.42 Å². The number of hydrogen-bond donors (Lipinski definition) is 2. The molecule has 5 nitrogen and oxygen atoms in total. The van der Waals surface area contributed by atoms with E-state index in [1.165, 1.54) is 0 Å². The van der Waals surface area contributed by atoms with Gasteiger partial charge in [-0.2, -0.15) is 0 Å². The number of aliphatic hydroxyl groups is 2. The number of fused-ring (bicyclic) bond motifs is 2. The Hall–Kier alpha value is 0.280. The van der Waals surface area contributed by atoms with Gasteiger partial charge in [0.05, 0.1) is 18.3 Å². The minimum absolute atomic E-state index is 0.150. The van der Waals surface area contributed by atoms with Crippen LogP contribution in [-0.2, 0) is 14.2 Å². The topological polar surface area (TPSA) is 68.2 Å². The van der Waals surface area contributed by atoms with E-state index in [1.807, 2.05) is 0 Å². The quantitative estimate of drug-likeness (QED) is 0.567. The van der Waals surface area contributed by atoms with Gasteiger partial charge in [0.25, 0.3) is 0 Å². The minimum Gasteiger partial charge on any atom is -0.388 e. The molecule has 10 atom stereocenters. The number of aliphatic hydroxyl groups excluding tert-OH is 2. The number of rotatable bonds is 3. The van der Waals surface area contributed by atoms with Gasteiger partial charge in [-0.15, -0.1) is 0 Å². The van der Waals surface area contributed by atoms with Gasteiger partial charge < -0.3 is 24.4 Å². The third-order valence-corrected chi connectivity index (χ3v) is 6.80. The summed E-state index contributed by atoms with van der Waals surface area (Å²) in [6.45, 7) is 0.150. The maximum absolute atomic E-state index is 10.3. The van der Waals surface area contributed by atoms with E-state index in [2.05, 4.69) is 15.9 Å². The second-order valence-electron chi connectivity index (χ2n) is 6.25. The zero-order valence-electron chi connectivity index (χ0n) is 10.7. The highest BCUT2D eigenvalue weighted by Gasteiger charge is 2.71. The van der Waals surface area contributed by atoms with Crippen molar-refractivity contribution in [2.45, 2.75) is 41.8 Å². The molecule has 4 fully saturated rings. The first-order valence-electron chi connectivity index (χ1n) is 6.91. The molecule has 1 saturated heterocycles. The maximum Gasteiger partial charge on any atom is 0.146 e. The van der Waals surface area contributed by atoms with Gasteiger partial charge in [-0.1, -0.05) is 15.9 Å². The van der Waals surface area contributed by atoms with Crippen molar-refractivity contribution < 1.29 is 24.4 Å². The van der Waals surface area contributed by atoms with Crippen molar-refractivity contribution in [3.63, 3.8) is 0 Å². The fraction of sp³-hybridized carbons (Fsp3) is 1.00. The molecule has 6 heteroatoms. The van der Waals surface area contributed by atoms with Crippen LogP contribution in [0.25, 0.3) is 0 Å². The zero-order chi connectivity index (χ0) is 13.3. The van der Waals surface area contributed by atoms with Gasteiger partial charge in [0.2, 0.25) is 0 Å². The van der Waals surface area contributed by atoms with E-state index in [1.54, 1.807) is 7.11 Å². The molecule has 0 amide bonds. The Morgan fingerprint density at radius 2 is 1.95 bits per heavy atom. The van der Waals surface area contributed by atoms with Gasteiger partial charge in [0.1, 0.15) is 19.0 Å². The lowest BCUT2D eigenvalue weighted by molar-refractivity contribution is -0.210. The summed E-state index contributed by atoms with van der Waals surface area (Å²) in [5, 5.41) is 20.6. The van der Waals surface area contributed by atoms with Crippen LogP contribution < -0.4 is 0 Å². The van der Waals surface area contributed by atoms with Crippen molar-refractivity contribution in [1.29, 1.82) is 0 Å². The number of hydrogen-bond acceptors (Lipinski definition) is 5. The van der Waals surface area contributed by atoms with Gasteiger partial charge in [0.15, 0.2) is 0 Å². The number of alkyl halides is 1. The Bertz CT molecular complexity index is 380. The van der Waals surface area contributed by atoms with Crippen LogP contribution in [0, 0.1) is 23.7 Å². The molecule has 3 saturated carbocycles. The highest BCUT2D eigenvalue weighted by molar-refractivity contribution is 9.09. The zero-order valence-corrected chi connectivity index (χ0v) is 12.3. The predicted octanol–water partition coefficient (Wildman–Crippen LogP) is 0.124. The summed E-state index contributed by atoms with van der Waals surface area (Å²) in [5.74, 6) is 1.55. The fourth-order valence-electron chi connectivity index (χ4n) is 5.03. The van der Waals surface area contributed by atoms with Gasteiger partial charge in [-0.3, -0.25) is 0 Å². The normalized spacial score (nSPS) is 61.9. The van der Waals surface area contributed by atoms with E-state index in [-0.39, 0.29) is 31.0 Å². The van der Waals surface area contributed by atoms with E-state index in [9.17, 15) is 10.2 Å². The lowest BCUT2D eigenvalue weighted by Gasteiger charge is -2.45. The van der Waals surface area contributed by atoms with Crippen LogP contribution in [0.3, 0.4) is 0 Å². The fourth-order valence-corrected chi connectivity index (χ4v) is 6.11. The largest absolute Gasteiger partial charge is 0.388 e. The summed E-state index contributed by atoms with van der Waals surface area (Å²) in [4.78, 5) is 0.315. The molecule has 0 radical (unpaired) electrons. The second-order valence-corrected chi connectivity index (χ2v) is 7.30. The molecular weight excluding hydrogens is 316 g/mol. The second kappa shape index (κ2) is 4.39. The van der Waals surface area contributed by atoms with Crippen molar-refractivity contribution in [1.82, 2.24) is 0 Å². The first-order valence-corrected chi connectivity index (χ1v) is 7.83. The summed E-state index contributed by atoms with van der Waals surface area (Å²) in [7, 11) is 1.57. The Balaban J connectivity index is 1.68. The molecule has 0 aromatic rings. The smallest absolute Gasteiger partial charge is 0.146 e. The third-order valence-electron chi connectivity index (χ3n) is 5.60. The molecule has 4 aliphatic rings. The molecule has 108 valence electrons. The van der Waals surface area contributed by atoms with Gasteiger partial charge in [0, 0.05) is 11.9 Å².